The number of rotatable bonds is 5. The molecule has 0 saturated heterocycles. The first-order valence-corrected chi connectivity index (χ1v) is 7.55. The molecule has 0 atom stereocenters. The van der Waals surface area contributed by atoms with Crippen molar-refractivity contribution in [3.63, 3.8) is 0 Å². The summed E-state index contributed by atoms with van der Waals surface area (Å²) in [5.41, 5.74) is 3.62. The minimum Gasteiger partial charge on any atom is -0.497 e. The van der Waals surface area contributed by atoms with Crippen LogP contribution in [0.3, 0.4) is 0 Å². The van der Waals surface area contributed by atoms with E-state index in [1.54, 1.807) is 7.11 Å². The fraction of sp³-hybridized carbons (Fsp3) is 0.278. The van der Waals surface area contributed by atoms with Crippen molar-refractivity contribution in [1.82, 2.24) is 10.2 Å². The van der Waals surface area contributed by atoms with Crippen LogP contribution in [0.25, 0.3) is 10.8 Å². The van der Waals surface area contributed by atoms with E-state index in [2.05, 4.69) is 59.7 Å². The van der Waals surface area contributed by atoms with Gasteiger partial charge in [0.15, 0.2) is 5.82 Å². The first kappa shape index (κ1) is 14.4. The molecule has 4 heteroatoms. The van der Waals surface area contributed by atoms with Gasteiger partial charge in [-0.2, -0.15) is 5.10 Å². The van der Waals surface area contributed by atoms with Gasteiger partial charge in [0.1, 0.15) is 5.75 Å². The fourth-order valence-corrected chi connectivity index (χ4v) is 2.65. The molecule has 0 unspecified atom stereocenters. The van der Waals surface area contributed by atoms with Crippen molar-refractivity contribution in [2.24, 2.45) is 0 Å². The topological polar surface area (TPSA) is 49.9 Å². The standard InChI is InChI=1S/C18H21N3O/c1-4-17-12(2)18(21-20-17)19-11-13-5-6-15-10-16(22-3)8-7-14(15)9-13/h5-10H,4,11H2,1-3H3,(H2,19,20,21). The van der Waals surface area contributed by atoms with Crippen LogP contribution in [0.2, 0.25) is 0 Å². The number of fused-ring (bicyclic) bond motifs is 1. The van der Waals surface area contributed by atoms with E-state index in [1.165, 1.54) is 27.6 Å². The highest BCUT2D eigenvalue weighted by Crippen LogP contribution is 2.22. The van der Waals surface area contributed by atoms with Gasteiger partial charge in [-0.15, -0.1) is 0 Å². The van der Waals surface area contributed by atoms with E-state index < -0.39 is 0 Å². The first-order chi connectivity index (χ1) is 10.7. The molecule has 4 nitrogen and oxygen atoms in total. The average Bonchev–Trinajstić information content (AvgIpc) is 2.92. The number of nitrogens with zero attached hydrogens (tertiary/aromatic N) is 1. The molecule has 0 radical (unpaired) electrons. The average molecular weight is 295 g/mol. The van der Waals surface area contributed by atoms with Gasteiger partial charge in [0, 0.05) is 17.8 Å². The van der Waals surface area contributed by atoms with Crippen LogP contribution >= 0.6 is 0 Å². The molecule has 0 saturated carbocycles. The number of nitrogens with one attached hydrogen (secondary N) is 2. The van der Waals surface area contributed by atoms with Gasteiger partial charge in [0.2, 0.25) is 0 Å². The number of hydrogen-bond donors (Lipinski definition) is 2. The summed E-state index contributed by atoms with van der Waals surface area (Å²) in [5, 5.41) is 13.2. The van der Waals surface area contributed by atoms with Crippen LogP contribution in [0.4, 0.5) is 5.82 Å². The Morgan fingerprint density at radius 1 is 1.14 bits per heavy atom. The number of aryl methyl sites for hydroxylation is 1. The van der Waals surface area contributed by atoms with Gasteiger partial charge in [0.05, 0.1) is 7.11 Å². The smallest absolute Gasteiger partial charge is 0.151 e. The van der Waals surface area contributed by atoms with Gasteiger partial charge in [-0.25, -0.2) is 0 Å². The summed E-state index contributed by atoms with van der Waals surface area (Å²) >= 11 is 0. The van der Waals surface area contributed by atoms with Crippen molar-refractivity contribution < 1.29 is 4.74 Å². The quantitative estimate of drug-likeness (QED) is 0.746. The Morgan fingerprint density at radius 3 is 2.64 bits per heavy atom. The minimum absolute atomic E-state index is 0.761. The number of anilines is 1. The van der Waals surface area contributed by atoms with E-state index in [0.29, 0.717) is 0 Å². The monoisotopic (exact) mass is 295 g/mol. The summed E-state index contributed by atoms with van der Waals surface area (Å²) in [4.78, 5) is 0. The minimum atomic E-state index is 0.761. The van der Waals surface area contributed by atoms with Crippen LogP contribution in [0.1, 0.15) is 23.7 Å². The zero-order valence-electron chi connectivity index (χ0n) is 13.2. The zero-order chi connectivity index (χ0) is 15.5. The van der Waals surface area contributed by atoms with Gasteiger partial charge in [0.25, 0.3) is 0 Å². The molecule has 2 aromatic carbocycles. The second-order valence-electron chi connectivity index (χ2n) is 5.43. The summed E-state index contributed by atoms with van der Waals surface area (Å²) in [6.07, 6.45) is 0.971. The Morgan fingerprint density at radius 2 is 1.91 bits per heavy atom. The third-order valence-electron chi connectivity index (χ3n) is 4.04. The van der Waals surface area contributed by atoms with E-state index in [1.807, 2.05) is 6.07 Å². The molecule has 0 bridgehead atoms. The Balaban J connectivity index is 1.77. The predicted octanol–water partition coefficient (Wildman–Crippen LogP) is 4.05. The zero-order valence-corrected chi connectivity index (χ0v) is 13.2. The molecular formula is C18H21N3O. The molecule has 1 aromatic heterocycles. The summed E-state index contributed by atoms with van der Waals surface area (Å²) in [5.74, 6) is 1.82. The predicted molar refractivity (Wildman–Crippen MR) is 90.5 cm³/mol. The molecule has 3 aromatic rings. The molecule has 1 heterocycles. The van der Waals surface area contributed by atoms with Gasteiger partial charge >= 0.3 is 0 Å². The molecular weight excluding hydrogens is 274 g/mol. The summed E-state index contributed by atoms with van der Waals surface area (Å²) < 4.78 is 5.26. The molecule has 0 amide bonds. The highest BCUT2D eigenvalue weighted by molar-refractivity contribution is 5.84. The van der Waals surface area contributed by atoms with E-state index in [4.69, 9.17) is 4.74 Å². The highest BCUT2D eigenvalue weighted by atomic mass is 16.5. The van der Waals surface area contributed by atoms with Crippen LogP contribution in [0.15, 0.2) is 36.4 Å². The number of ether oxygens (including phenoxy) is 1. The van der Waals surface area contributed by atoms with Crippen molar-refractivity contribution in [2.45, 2.75) is 26.8 Å². The summed E-state index contributed by atoms with van der Waals surface area (Å²) in [7, 11) is 1.69. The fourth-order valence-electron chi connectivity index (χ4n) is 2.65. The molecule has 22 heavy (non-hydrogen) atoms. The van der Waals surface area contributed by atoms with Gasteiger partial charge in [-0.3, -0.25) is 5.10 Å². The normalized spacial score (nSPS) is 10.9. The second-order valence-corrected chi connectivity index (χ2v) is 5.43. The maximum absolute atomic E-state index is 5.26. The summed E-state index contributed by atoms with van der Waals surface area (Å²) in [6, 6.07) is 12.6. The maximum Gasteiger partial charge on any atom is 0.151 e. The van der Waals surface area contributed by atoms with Crippen molar-refractivity contribution in [1.29, 1.82) is 0 Å². The maximum atomic E-state index is 5.26. The largest absolute Gasteiger partial charge is 0.497 e. The van der Waals surface area contributed by atoms with Crippen molar-refractivity contribution in [3.8, 4) is 5.75 Å². The van der Waals surface area contributed by atoms with Gasteiger partial charge in [-0.05, 0) is 47.9 Å². The lowest BCUT2D eigenvalue weighted by Crippen LogP contribution is -2.01. The lowest BCUT2D eigenvalue weighted by molar-refractivity contribution is 0.415. The Hall–Kier alpha value is -2.49. The van der Waals surface area contributed by atoms with E-state index in [-0.39, 0.29) is 0 Å². The number of aromatic nitrogens is 2. The van der Waals surface area contributed by atoms with Crippen LogP contribution in [0, 0.1) is 6.92 Å². The van der Waals surface area contributed by atoms with Crippen LogP contribution in [-0.2, 0) is 13.0 Å². The van der Waals surface area contributed by atoms with E-state index in [9.17, 15) is 0 Å². The van der Waals surface area contributed by atoms with Gasteiger partial charge in [-0.1, -0.05) is 25.1 Å². The van der Waals surface area contributed by atoms with Crippen molar-refractivity contribution >= 4 is 16.6 Å². The second kappa shape index (κ2) is 6.10. The first-order valence-electron chi connectivity index (χ1n) is 7.55. The van der Waals surface area contributed by atoms with Crippen LogP contribution in [0.5, 0.6) is 5.75 Å². The highest BCUT2D eigenvalue weighted by Gasteiger charge is 2.07. The molecule has 0 spiro atoms. The number of aromatic amines is 1. The molecule has 0 fully saturated rings. The van der Waals surface area contributed by atoms with Crippen molar-refractivity contribution in [3.05, 3.63) is 53.2 Å². The molecule has 3 rings (SSSR count). The lowest BCUT2D eigenvalue weighted by Gasteiger charge is -2.07. The summed E-state index contributed by atoms with van der Waals surface area (Å²) in [6.45, 7) is 4.98. The van der Waals surface area contributed by atoms with E-state index >= 15 is 0 Å². The number of methoxy groups -OCH3 is 1. The Bertz CT molecular complexity index is 792. The SMILES string of the molecule is CCc1[nH]nc(NCc2ccc3cc(OC)ccc3c2)c1C. The van der Waals surface area contributed by atoms with Crippen LogP contribution < -0.4 is 10.1 Å². The molecule has 114 valence electrons. The van der Waals surface area contributed by atoms with Gasteiger partial charge < -0.3 is 10.1 Å². The van der Waals surface area contributed by atoms with E-state index in [0.717, 1.165) is 24.5 Å². The Labute approximate surface area is 130 Å². The van der Waals surface area contributed by atoms with Crippen molar-refractivity contribution in [2.75, 3.05) is 12.4 Å². The molecule has 0 aliphatic carbocycles. The lowest BCUT2D eigenvalue weighted by atomic mass is 10.1. The number of H-pyrrole nitrogens is 1. The molecule has 2 N–H and O–H groups in total. The third kappa shape index (κ3) is 2.77. The number of benzene rings is 2. The third-order valence-corrected chi connectivity index (χ3v) is 4.04. The van der Waals surface area contributed by atoms with Crippen LogP contribution in [-0.4, -0.2) is 17.3 Å². The Kier molecular flexibility index (Phi) is 4.00. The number of hydrogen-bond acceptors (Lipinski definition) is 3. The molecule has 0 aliphatic heterocycles. The molecule has 0 aliphatic rings.